The molecule has 90 valence electrons. The monoisotopic (exact) mass is 231 g/mol. The van der Waals surface area contributed by atoms with Gasteiger partial charge in [0.25, 0.3) is 0 Å². The Morgan fingerprint density at radius 2 is 2.24 bits per heavy atom. The van der Waals surface area contributed by atoms with Crippen LogP contribution in [0, 0.1) is 0 Å². The first kappa shape index (κ1) is 11.6. The Hall–Kier alpha value is -1.91. The first-order chi connectivity index (χ1) is 8.20. The third-order valence-corrected chi connectivity index (χ3v) is 2.58. The standard InChI is InChI=1S/C12H17N5/c1-3-5-8(2)15-11-10-9(6-4-7-14-10)16-12(13)17-11/h4,6-8H,3,5H2,1-2H3,(H3,13,15,16,17). The van der Waals surface area contributed by atoms with Crippen LogP contribution >= 0.6 is 0 Å². The predicted molar refractivity (Wildman–Crippen MR) is 69.7 cm³/mol. The fraction of sp³-hybridized carbons (Fsp3) is 0.417. The summed E-state index contributed by atoms with van der Waals surface area (Å²) in [5, 5.41) is 3.33. The van der Waals surface area contributed by atoms with Crippen LogP contribution < -0.4 is 11.1 Å². The Bertz CT molecular complexity index is 511. The summed E-state index contributed by atoms with van der Waals surface area (Å²) in [6.45, 7) is 4.28. The lowest BCUT2D eigenvalue weighted by Gasteiger charge is -2.14. The molecule has 2 heterocycles. The van der Waals surface area contributed by atoms with Gasteiger partial charge in [0.1, 0.15) is 5.52 Å². The van der Waals surface area contributed by atoms with E-state index in [-0.39, 0.29) is 5.95 Å². The number of pyridine rings is 1. The summed E-state index contributed by atoms with van der Waals surface area (Å²) in [5.74, 6) is 0.991. The predicted octanol–water partition coefficient (Wildman–Crippen LogP) is 2.21. The summed E-state index contributed by atoms with van der Waals surface area (Å²) < 4.78 is 0. The molecule has 0 aliphatic rings. The van der Waals surface area contributed by atoms with Gasteiger partial charge in [-0.25, -0.2) is 4.98 Å². The minimum atomic E-state index is 0.275. The summed E-state index contributed by atoms with van der Waals surface area (Å²) in [5.41, 5.74) is 7.22. The lowest BCUT2D eigenvalue weighted by Crippen LogP contribution is -2.16. The van der Waals surface area contributed by atoms with Gasteiger partial charge in [0, 0.05) is 12.2 Å². The Balaban J connectivity index is 2.38. The average Bonchev–Trinajstić information content (AvgIpc) is 2.29. The maximum atomic E-state index is 5.68. The largest absolute Gasteiger partial charge is 0.368 e. The van der Waals surface area contributed by atoms with Crippen molar-refractivity contribution < 1.29 is 0 Å². The first-order valence-electron chi connectivity index (χ1n) is 5.85. The van der Waals surface area contributed by atoms with E-state index >= 15 is 0 Å². The van der Waals surface area contributed by atoms with E-state index in [1.807, 2.05) is 12.1 Å². The molecule has 0 fully saturated rings. The van der Waals surface area contributed by atoms with Gasteiger partial charge in [-0.15, -0.1) is 0 Å². The molecule has 0 radical (unpaired) electrons. The van der Waals surface area contributed by atoms with E-state index < -0.39 is 0 Å². The second-order valence-electron chi connectivity index (χ2n) is 4.14. The highest BCUT2D eigenvalue weighted by atomic mass is 15.1. The molecule has 2 aromatic heterocycles. The molecule has 0 aromatic carbocycles. The number of aromatic nitrogens is 3. The maximum Gasteiger partial charge on any atom is 0.222 e. The van der Waals surface area contributed by atoms with Crippen LogP contribution in [0.25, 0.3) is 11.0 Å². The van der Waals surface area contributed by atoms with Gasteiger partial charge in [-0.3, -0.25) is 4.98 Å². The van der Waals surface area contributed by atoms with Crippen molar-refractivity contribution in [3.63, 3.8) is 0 Å². The average molecular weight is 231 g/mol. The quantitative estimate of drug-likeness (QED) is 0.843. The van der Waals surface area contributed by atoms with Crippen molar-refractivity contribution in [3.8, 4) is 0 Å². The Kier molecular flexibility index (Phi) is 3.37. The van der Waals surface area contributed by atoms with Crippen molar-refractivity contribution in [2.75, 3.05) is 11.1 Å². The van der Waals surface area contributed by atoms with Crippen LogP contribution in [0.15, 0.2) is 18.3 Å². The van der Waals surface area contributed by atoms with Gasteiger partial charge < -0.3 is 11.1 Å². The molecule has 0 aliphatic carbocycles. The minimum absolute atomic E-state index is 0.275. The van der Waals surface area contributed by atoms with Crippen LogP contribution in [0.2, 0.25) is 0 Å². The Morgan fingerprint density at radius 3 is 3.00 bits per heavy atom. The molecule has 5 nitrogen and oxygen atoms in total. The highest BCUT2D eigenvalue weighted by molar-refractivity contribution is 5.85. The van der Waals surface area contributed by atoms with Gasteiger partial charge in [0.2, 0.25) is 5.95 Å². The summed E-state index contributed by atoms with van der Waals surface area (Å²) in [6.07, 6.45) is 3.94. The number of anilines is 2. The Labute approximate surface area is 100 Å². The Morgan fingerprint density at radius 1 is 1.41 bits per heavy atom. The second kappa shape index (κ2) is 4.95. The molecular formula is C12H17N5. The topological polar surface area (TPSA) is 76.7 Å². The lowest BCUT2D eigenvalue weighted by atomic mass is 10.2. The molecule has 5 heteroatoms. The van der Waals surface area contributed by atoms with Gasteiger partial charge in [-0.1, -0.05) is 13.3 Å². The van der Waals surface area contributed by atoms with Crippen LogP contribution in [0.4, 0.5) is 11.8 Å². The zero-order chi connectivity index (χ0) is 12.3. The fourth-order valence-corrected chi connectivity index (χ4v) is 1.82. The zero-order valence-corrected chi connectivity index (χ0v) is 10.1. The van der Waals surface area contributed by atoms with E-state index in [1.165, 1.54) is 0 Å². The smallest absolute Gasteiger partial charge is 0.222 e. The molecular weight excluding hydrogens is 214 g/mol. The van der Waals surface area contributed by atoms with E-state index in [2.05, 4.69) is 34.1 Å². The highest BCUT2D eigenvalue weighted by Crippen LogP contribution is 2.19. The fourth-order valence-electron chi connectivity index (χ4n) is 1.82. The molecule has 1 atom stereocenters. The van der Waals surface area contributed by atoms with Gasteiger partial charge in [-0.2, -0.15) is 4.98 Å². The molecule has 0 spiro atoms. The van der Waals surface area contributed by atoms with Crippen molar-refractivity contribution in [3.05, 3.63) is 18.3 Å². The van der Waals surface area contributed by atoms with E-state index in [1.54, 1.807) is 6.20 Å². The van der Waals surface area contributed by atoms with Gasteiger partial charge in [-0.05, 0) is 25.5 Å². The minimum Gasteiger partial charge on any atom is -0.368 e. The highest BCUT2D eigenvalue weighted by Gasteiger charge is 2.09. The molecule has 17 heavy (non-hydrogen) atoms. The van der Waals surface area contributed by atoms with Gasteiger partial charge in [0.15, 0.2) is 5.82 Å². The molecule has 3 N–H and O–H groups in total. The summed E-state index contributed by atoms with van der Waals surface area (Å²) in [4.78, 5) is 12.7. The SMILES string of the molecule is CCCC(C)Nc1nc(N)nc2cccnc12. The van der Waals surface area contributed by atoms with Crippen LogP contribution in [0.3, 0.4) is 0 Å². The molecule has 0 saturated heterocycles. The normalized spacial score (nSPS) is 12.6. The number of nitrogen functional groups attached to an aromatic ring is 1. The van der Waals surface area contributed by atoms with E-state index in [4.69, 9.17) is 5.73 Å². The van der Waals surface area contributed by atoms with Gasteiger partial charge >= 0.3 is 0 Å². The first-order valence-corrected chi connectivity index (χ1v) is 5.85. The third-order valence-electron chi connectivity index (χ3n) is 2.58. The van der Waals surface area contributed by atoms with E-state index in [0.29, 0.717) is 11.9 Å². The number of nitrogens with zero attached hydrogens (tertiary/aromatic N) is 3. The van der Waals surface area contributed by atoms with Crippen LogP contribution in [0.1, 0.15) is 26.7 Å². The molecule has 0 bridgehead atoms. The number of hydrogen-bond donors (Lipinski definition) is 2. The van der Waals surface area contributed by atoms with Crippen LogP contribution in [0.5, 0.6) is 0 Å². The number of fused-ring (bicyclic) bond motifs is 1. The number of nitrogens with two attached hydrogens (primary N) is 1. The molecule has 2 rings (SSSR count). The molecule has 2 aromatic rings. The van der Waals surface area contributed by atoms with Crippen LogP contribution in [-0.4, -0.2) is 21.0 Å². The van der Waals surface area contributed by atoms with Gasteiger partial charge in [0.05, 0.1) is 5.52 Å². The van der Waals surface area contributed by atoms with Crippen molar-refractivity contribution in [1.29, 1.82) is 0 Å². The molecule has 1 unspecified atom stereocenters. The van der Waals surface area contributed by atoms with Crippen molar-refractivity contribution in [2.45, 2.75) is 32.7 Å². The van der Waals surface area contributed by atoms with E-state index in [9.17, 15) is 0 Å². The number of rotatable bonds is 4. The third kappa shape index (κ3) is 2.61. The number of hydrogen-bond acceptors (Lipinski definition) is 5. The number of nitrogens with one attached hydrogen (secondary N) is 1. The summed E-state index contributed by atoms with van der Waals surface area (Å²) >= 11 is 0. The van der Waals surface area contributed by atoms with Crippen molar-refractivity contribution in [1.82, 2.24) is 15.0 Å². The van der Waals surface area contributed by atoms with Crippen molar-refractivity contribution >= 4 is 22.8 Å². The molecule has 0 amide bonds. The van der Waals surface area contributed by atoms with Crippen LogP contribution in [-0.2, 0) is 0 Å². The second-order valence-corrected chi connectivity index (χ2v) is 4.14. The lowest BCUT2D eigenvalue weighted by molar-refractivity contribution is 0.688. The summed E-state index contributed by atoms with van der Waals surface area (Å²) in [7, 11) is 0. The molecule has 0 saturated carbocycles. The van der Waals surface area contributed by atoms with E-state index in [0.717, 1.165) is 23.9 Å². The summed E-state index contributed by atoms with van der Waals surface area (Å²) in [6, 6.07) is 4.07. The maximum absolute atomic E-state index is 5.68. The zero-order valence-electron chi connectivity index (χ0n) is 10.1. The molecule has 0 aliphatic heterocycles. The van der Waals surface area contributed by atoms with Crippen molar-refractivity contribution in [2.24, 2.45) is 0 Å².